The summed E-state index contributed by atoms with van der Waals surface area (Å²) in [6, 6.07) is 9.35. The summed E-state index contributed by atoms with van der Waals surface area (Å²) in [6.45, 7) is 4.04. The maximum atomic E-state index is 8.99. The molecule has 0 spiro atoms. The van der Waals surface area contributed by atoms with Gasteiger partial charge in [-0.2, -0.15) is 5.26 Å². The van der Waals surface area contributed by atoms with E-state index in [2.05, 4.69) is 33.7 Å². The van der Waals surface area contributed by atoms with E-state index in [-0.39, 0.29) is 0 Å². The van der Waals surface area contributed by atoms with Crippen molar-refractivity contribution in [1.82, 2.24) is 9.97 Å². The number of nitrogens with zero attached hydrogens (tertiary/aromatic N) is 3. The van der Waals surface area contributed by atoms with Gasteiger partial charge in [-0.05, 0) is 31.0 Å². The van der Waals surface area contributed by atoms with E-state index >= 15 is 0 Å². The van der Waals surface area contributed by atoms with Crippen LogP contribution < -0.4 is 16.6 Å². The molecular formula is C15H18N6. The normalized spacial score (nSPS) is 10.0. The number of rotatable bonds is 5. The van der Waals surface area contributed by atoms with Gasteiger partial charge in [0.05, 0.1) is 11.6 Å². The van der Waals surface area contributed by atoms with Crippen LogP contribution in [0.1, 0.15) is 30.3 Å². The molecule has 0 bridgehead atoms. The smallest absolute Gasteiger partial charge is 0.145 e. The number of hydrazine groups is 1. The highest BCUT2D eigenvalue weighted by molar-refractivity contribution is 5.64. The van der Waals surface area contributed by atoms with Gasteiger partial charge in [-0.15, -0.1) is 0 Å². The third-order valence-electron chi connectivity index (χ3n) is 3.02. The molecule has 4 N–H and O–H groups in total. The number of hydrogen-bond donors (Lipinski definition) is 3. The van der Waals surface area contributed by atoms with Crippen LogP contribution >= 0.6 is 0 Å². The summed E-state index contributed by atoms with van der Waals surface area (Å²) < 4.78 is 0. The summed E-state index contributed by atoms with van der Waals surface area (Å²) in [7, 11) is 0. The van der Waals surface area contributed by atoms with Crippen molar-refractivity contribution < 1.29 is 0 Å². The Hall–Kier alpha value is -2.65. The molecule has 1 aromatic carbocycles. The summed E-state index contributed by atoms with van der Waals surface area (Å²) in [5.74, 6) is 7.38. The minimum Gasteiger partial charge on any atom is -0.340 e. The van der Waals surface area contributed by atoms with Crippen LogP contribution in [0.3, 0.4) is 0 Å². The van der Waals surface area contributed by atoms with Crippen LogP contribution in [0.25, 0.3) is 0 Å². The summed E-state index contributed by atoms with van der Waals surface area (Å²) in [5.41, 5.74) is 5.03. The Bertz CT molecular complexity index is 674. The van der Waals surface area contributed by atoms with Crippen molar-refractivity contribution in [3.05, 3.63) is 41.2 Å². The lowest BCUT2D eigenvalue weighted by Gasteiger charge is -2.11. The largest absolute Gasteiger partial charge is 0.340 e. The van der Waals surface area contributed by atoms with Gasteiger partial charge >= 0.3 is 0 Å². The van der Waals surface area contributed by atoms with Crippen LogP contribution in [0.4, 0.5) is 17.3 Å². The molecule has 1 heterocycles. The van der Waals surface area contributed by atoms with Crippen molar-refractivity contribution >= 4 is 17.3 Å². The zero-order valence-corrected chi connectivity index (χ0v) is 12.1. The first-order valence-electron chi connectivity index (χ1n) is 6.78. The van der Waals surface area contributed by atoms with Gasteiger partial charge in [-0.3, -0.25) is 0 Å². The first-order valence-corrected chi connectivity index (χ1v) is 6.78. The fourth-order valence-electron chi connectivity index (χ4n) is 1.93. The molecule has 0 saturated carbocycles. The second kappa shape index (κ2) is 6.68. The molecular weight excluding hydrogens is 264 g/mol. The highest BCUT2D eigenvalue weighted by atomic mass is 15.3. The molecule has 6 heteroatoms. The van der Waals surface area contributed by atoms with Gasteiger partial charge in [-0.25, -0.2) is 15.8 Å². The van der Waals surface area contributed by atoms with E-state index in [1.54, 1.807) is 18.2 Å². The number of nitrogens with one attached hydrogen (secondary N) is 2. The lowest BCUT2D eigenvalue weighted by Crippen LogP contribution is -2.11. The Labute approximate surface area is 124 Å². The van der Waals surface area contributed by atoms with E-state index in [1.807, 2.05) is 13.0 Å². The molecule has 1 aromatic heterocycles. The summed E-state index contributed by atoms with van der Waals surface area (Å²) in [6.07, 6.45) is 1.73. The number of benzene rings is 1. The van der Waals surface area contributed by atoms with Crippen LogP contribution in [-0.2, 0) is 6.42 Å². The lowest BCUT2D eigenvalue weighted by atomic mass is 10.1. The molecule has 0 saturated heterocycles. The van der Waals surface area contributed by atoms with Crippen LogP contribution in [0, 0.1) is 18.3 Å². The standard InChI is InChI=1S/C15H18N6/c1-3-4-13-19-14(8-15(20-13)21-17)18-12-7-11(9-16)6-5-10(12)2/h5-8H,3-4,17H2,1-2H3,(H2,18,19,20,21). The van der Waals surface area contributed by atoms with Crippen molar-refractivity contribution in [1.29, 1.82) is 5.26 Å². The van der Waals surface area contributed by atoms with E-state index in [0.717, 1.165) is 29.9 Å². The molecule has 0 unspecified atom stereocenters. The molecule has 2 rings (SSSR count). The van der Waals surface area contributed by atoms with Gasteiger partial charge in [0.25, 0.3) is 0 Å². The van der Waals surface area contributed by atoms with Crippen molar-refractivity contribution in [2.45, 2.75) is 26.7 Å². The summed E-state index contributed by atoms with van der Waals surface area (Å²) >= 11 is 0. The Kier molecular flexibility index (Phi) is 4.69. The summed E-state index contributed by atoms with van der Waals surface area (Å²) in [4.78, 5) is 8.76. The van der Waals surface area contributed by atoms with Crippen molar-refractivity contribution in [2.24, 2.45) is 5.84 Å². The van der Waals surface area contributed by atoms with Crippen LogP contribution in [0.15, 0.2) is 24.3 Å². The maximum absolute atomic E-state index is 8.99. The number of nitriles is 1. The number of hydrogen-bond acceptors (Lipinski definition) is 6. The van der Waals surface area contributed by atoms with Gasteiger partial charge in [0, 0.05) is 18.2 Å². The third kappa shape index (κ3) is 3.68. The number of anilines is 3. The minimum absolute atomic E-state index is 0.560. The Morgan fingerprint density at radius 3 is 2.67 bits per heavy atom. The molecule has 21 heavy (non-hydrogen) atoms. The van der Waals surface area contributed by atoms with E-state index in [4.69, 9.17) is 11.1 Å². The second-order valence-electron chi connectivity index (χ2n) is 4.72. The number of nitrogens with two attached hydrogens (primary N) is 1. The molecule has 0 fully saturated rings. The number of aromatic nitrogens is 2. The Morgan fingerprint density at radius 2 is 2.00 bits per heavy atom. The van der Waals surface area contributed by atoms with E-state index in [9.17, 15) is 0 Å². The fraction of sp³-hybridized carbons (Fsp3) is 0.267. The van der Waals surface area contributed by atoms with E-state index in [0.29, 0.717) is 17.2 Å². The zero-order valence-electron chi connectivity index (χ0n) is 12.1. The van der Waals surface area contributed by atoms with E-state index in [1.165, 1.54) is 0 Å². The van der Waals surface area contributed by atoms with Crippen molar-refractivity contribution in [3.63, 3.8) is 0 Å². The minimum atomic E-state index is 0.560. The zero-order chi connectivity index (χ0) is 15.2. The van der Waals surface area contributed by atoms with Crippen molar-refractivity contribution in [3.8, 4) is 6.07 Å². The first-order chi connectivity index (χ1) is 10.2. The van der Waals surface area contributed by atoms with Gasteiger partial charge in [0.15, 0.2) is 0 Å². The van der Waals surface area contributed by atoms with E-state index < -0.39 is 0 Å². The molecule has 6 nitrogen and oxygen atoms in total. The molecule has 0 aliphatic heterocycles. The molecule has 0 amide bonds. The van der Waals surface area contributed by atoms with Gasteiger partial charge in [0.2, 0.25) is 0 Å². The van der Waals surface area contributed by atoms with Crippen molar-refractivity contribution in [2.75, 3.05) is 10.7 Å². The van der Waals surface area contributed by atoms with Gasteiger partial charge in [0.1, 0.15) is 17.5 Å². The molecule has 108 valence electrons. The predicted octanol–water partition coefficient (Wildman–Crippen LogP) is 2.64. The third-order valence-corrected chi connectivity index (χ3v) is 3.02. The van der Waals surface area contributed by atoms with Gasteiger partial charge < -0.3 is 10.7 Å². The molecule has 0 aliphatic rings. The van der Waals surface area contributed by atoms with Crippen LogP contribution in [0.5, 0.6) is 0 Å². The fourth-order valence-corrected chi connectivity index (χ4v) is 1.93. The molecule has 0 aliphatic carbocycles. The Balaban J connectivity index is 2.34. The molecule has 0 atom stereocenters. The lowest BCUT2D eigenvalue weighted by molar-refractivity contribution is 0.837. The molecule has 0 radical (unpaired) electrons. The van der Waals surface area contributed by atoms with Crippen LogP contribution in [-0.4, -0.2) is 9.97 Å². The second-order valence-corrected chi connectivity index (χ2v) is 4.72. The topological polar surface area (TPSA) is 99.6 Å². The average Bonchev–Trinajstić information content (AvgIpc) is 2.49. The highest BCUT2D eigenvalue weighted by Crippen LogP contribution is 2.22. The summed E-state index contributed by atoms with van der Waals surface area (Å²) in [5, 5.41) is 12.2. The monoisotopic (exact) mass is 282 g/mol. The first kappa shape index (κ1) is 14.8. The highest BCUT2D eigenvalue weighted by Gasteiger charge is 2.06. The number of aryl methyl sites for hydroxylation is 2. The average molecular weight is 282 g/mol. The maximum Gasteiger partial charge on any atom is 0.145 e. The van der Waals surface area contributed by atoms with Crippen LogP contribution in [0.2, 0.25) is 0 Å². The quantitative estimate of drug-likeness (QED) is 0.576. The molecule has 2 aromatic rings. The Morgan fingerprint density at radius 1 is 1.24 bits per heavy atom. The SMILES string of the molecule is CCCc1nc(NN)cc(Nc2cc(C#N)ccc2C)n1. The predicted molar refractivity (Wildman–Crippen MR) is 83.0 cm³/mol. The number of nitrogen functional groups attached to an aromatic ring is 1. The van der Waals surface area contributed by atoms with Gasteiger partial charge in [-0.1, -0.05) is 13.0 Å².